The van der Waals surface area contributed by atoms with Gasteiger partial charge in [0.05, 0.1) is 17.1 Å². The number of imidazole rings is 1. The summed E-state index contributed by atoms with van der Waals surface area (Å²) in [6.07, 6.45) is 3.38. The van der Waals surface area contributed by atoms with E-state index in [1.807, 2.05) is 24.3 Å². The van der Waals surface area contributed by atoms with Crippen LogP contribution in [0.25, 0.3) is 21.9 Å². The summed E-state index contributed by atoms with van der Waals surface area (Å²) in [5, 5.41) is 4.73. The number of hydrogen-bond donors (Lipinski definition) is 2. The third-order valence-corrected chi connectivity index (χ3v) is 7.89. The molecule has 5 aromatic rings. The summed E-state index contributed by atoms with van der Waals surface area (Å²) < 4.78 is 2.21. The van der Waals surface area contributed by atoms with Crippen molar-refractivity contribution in [2.24, 2.45) is 0 Å². The summed E-state index contributed by atoms with van der Waals surface area (Å²) in [4.78, 5) is 22.3. The van der Waals surface area contributed by atoms with Crippen LogP contribution in [-0.4, -0.2) is 20.3 Å². The van der Waals surface area contributed by atoms with Gasteiger partial charge in [0.15, 0.2) is 5.78 Å². The number of anilines is 1. The molecule has 2 aliphatic rings. The highest BCUT2D eigenvalue weighted by Crippen LogP contribution is 2.47. The molecule has 2 atom stereocenters. The molecule has 0 saturated carbocycles. The molecule has 0 bridgehead atoms. The third-order valence-electron chi connectivity index (χ3n) is 7.89. The molecule has 3 aromatic carbocycles. The van der Waals surface area contributed by atoms with Crippen molar-refractivity contribution >= 4 is 33.7 Å². The second-order valence-electron chi connectivity index (χ2n) is 10.4. The Morgan fingerprint density at radius 1 is 0.944 bits per heavy atom. The number of aromatic amines is 1. The summed E-state index contributed by atoms with van der Waals surface area (Å²) in [6, 6.07) is 25.1. The SMILES string of the molecule is CC(C)c1ccc(C2CC(=O)C3=C(C2)Nc2nc4ccccc4n2C3c2c[nH]c3ccccc23)cc1. The van der Waals surface area contributed by atoms with Gasteiger partial charge < -0.3 is 10.3 Å². The Balaban J connectivity index is 1.39. The molecule has 3 heterocycles. The summed E-state index contributed by atoms with van der Waals surface area (Å²) >= 11 is 0. The lowest BCUT2D eigenvalue weighted by atomic mass is 9.77. The van der Waals surface area contributed by atoms with Gasteiger partial charge in [-0.3, -0.25) is 9.36 Å². The number of Topliss-reactive ketones (excluding diaryl/α,β-unsaturated/α-hetero) is 1. The predicted octanol–water partition coefficient (Wildman–Crippen LogP) is 7.06. The topological polar surface area (TPSA) is 62.7 Å². The number of ketones is 1. The third kappa shape index (κ3) is 3.15. The quantitative estimate of drug-likeness (QED) is 0.296. The fourth-order valence-electron chi connectivity index (χ4n) is 6.03. The Kier molecular flexibility index (Phi) is 4.68. The number of fused-ring (bicyclic) bond motifs is 4. The second kappa shape index (κ2) is 7.95. The Labute approximate surface area is 209 Å². The van der Waals surface area contributed by atoms with Crippen LogP contribution in [-0.2, 0) is 4.79 Å². The Hall–Kier alpha value is -4.12. The molecule has 2 N–H and O–H groups in total. The molecule has 0 spiro atoms. The number of nitrogens with zero attached hydrogens (tertiary/aromatic N) is 2. The zero-order valence-corrected chi connectivity index (χ0v) is 20.5. The van der Waals surface area contributed by atoms with Crippen LogP contribution in [0.15, 0.2) is 90.3 Å². The van der Waals surface area contributed by atoms with Gasteiger partial charge in [0.25, 0.3) is 0 Å². The first-order valence-electron chi connectivity index (χ1n) is 12.7. The van der Waals surface area contributed by atoms with Crippen molar-refractivity contribution < 1.29 is 4.79 Å². The molecular formula is C31H28N4O. The molecule has 178 valence electrons. The van der Waals surface area contributed by atoms with Crippen LogP contribution in [0.4, 0.5) is 5.95 Å². The zero-order valence-electron chi connectivity index (χ0n) is 20.5. The van der Waals surface area contributed by atoms with E-state index in [0.29, 0.717) is 12.3 Å². The molecule has 5 nitrogen and oxygen atoms in total. The van der Waals surface area contributed by atoms with E-state index < -0.39 is 0 Å². The molecule has 0 radical (unpaired) electrons. The van der Waals surface area contributed by atoms with Gasteiger partial charge >= 0.3 is 0 Å². The molecule has 2 aromatic heterocycles. The number of hydrogen-bond acceptors (Lipinski definition) is 3. The fraction of sp³-hybridized carbons (Fsp3) is 0.226. The highest BCUT2D eigenvalue weighted by Gasteiger charge is 2.40. The van der Waals surface area contributed by atoms with E-state index in [-0.39, 0.29) is 17.7 Å². The lowest BCUT2D eigenvalue weighted by molar-refractivity contribution is -0.116. The van der Waals surface area contributed by atoms with Gasteiger partial charge in [-0.25, -0.2) is 4.98 Å². The van der Waals surface area contributed by atoms with Crippen molar-refractivity contribution in [1.82, 2.24) is 14.5 Å². The van der Waals surface area contributed by atoms with Crippen molar-refractivity contribution in [2.45, 2.75) is 44.6 Å². The summed E-state index contributed by atoms with van der Waals surface area (Å²) in [6.45, 7) is 4.41. The number of H-pyrrole nitrogens is 1. The first kappa shape index (κ1) is 21.2. The molecule has 36 heavy (non-hydrogen) atoms. The van der Waals surface area contributed by atoms with Crippen molar-refractivity contribution in [3.8, 4) is 0 Å². The van der Waals surface area contributed by atoms with Crippen molar-refractivity contribution in [1.29, 1.82) is 0 Å². The van der Waals surface area contributed by atoms with Gasteiger partial charge in [-0.1, -0.05) is 68.4 Å². The number of nitrogens with one attached hydrogen (secondary N) is 2. The van der Waals surface area contributed by atoms with Crippen LogP contribution in [0.1, 0.15) is 61.3 Å². The van der Waals surface area contributed by atoms with E-state index in [2.05, 4.69) is 83.4 Å². The largest absolute Gasteiger partial charge is 0.361 e. The minimum atomic E-state index is -0.225. The molecule has 0 amide bonds. The maximum atomic E-state index is 14.0. The smallest absolute Gasteiger partial charge is 0.209 e. The van der Waals surface area contributed by atoms with Gasteiger partial charge in [-0.15, -0.1) is 0 Å². The monoisotopic (exact) mass is 472 g/mol. The average molecular weight is 473 g/mol. The first-order chi connectivity index (χ1) is 17.6. The average Bonchev–Trinajstić information content (AvgIpc) is 3.49. The zero-order chi connectivity index (χ0) is 24.4. The molecule has 1 aliphatic heterocycles. The van der Waals surface area contributed by atoms with Crippen molar-refractivity contribution in [2.75, 3.05) is 5.32 Å². The second-order valence-corrected chi connectivity index (χ2v) is 10.4. The Morgan fingerprint density at radius 3 is 2.56 bits per heavy atom. The van der Waals surface area contributed by atoms with E-state index in [9.17, 15) is 4.79 Å². The van der Waals surface area contributed by atoms with Crippen LogP contribution in [0.5, 0.6) is 0 Å². The summed E-state index contributed by atoms with van der Waals surface area (Å²) in [7, 11) is 0. The van der Waals surface area contributed by atoms with E-state index >= 15 is 0 Å². The van der Waals surface area contributed by atoms with Crippen LogP contribution >= 0.6 is 0 Å². The lowest BCUT2D eigenvalue weighted by Gasteiger charge is -2.36. The molecule has 5 heteroatoms. The lowest BCUT2D eigenvalue weighted by Crippen LogP contribution is -2.33. The van der Waals surface area contributed by atoms with Gasteiger partial charge in [0, 0.05) is 40.4 Å². The van der Waals surface area contributed by atoms with Crippen LogP contribution in [0.3, 0.4) is 0 Å². The minimum absolute atomic E-state index is 0.157. The Bertz CT molecular complexity index is 1670. The Morgan fingerprint density at radius 2 is 1.72 bits per heavy atom. The maximum absolute atomic E-state index is 14.0. The highest BCUT2D eigenvalue weighted by molar-refractivity contribution is 6.02. The van der Waals surface area contributed by atoms with Gasteiger partial charge in [-0.2, -0.15) is 0 Å². The summed E-state index contributed by atoms with van der Waals surface area (Å²) in [5.74, 6) is 1.66. The molecule has 7 rings (SSSR count). The number of carbonyl (C=O) groups excluding carboxylic acids is 1. The minimum Gasteiger partial charge on any atom is -0.361 e. The molecule has 1 aliphatic carbocycles. The van der Waals surface area contributed by atoms with E-state index in [1.54, 1.807) is 0 Å². The van der Waals surface area contributed by atoms with Gasteiger partial charge in [-0.05, 0) is 47.6 Å². The normalized spacial score (nSPS) is 19.6. The standard InChI is InChI=1S/C31H28N4O/c1-18(2)19-11-13-20(14-12-19)21-15-26-29(28(36)16-21)30(23-17-32-24-8-4-3-7-22(23)24)35-27-10-6-5-9-25(27)33-31(35)34-26/h3-14,17-18,21,30,32H,15-16H2,1-2H3,(H,33,34). The molecular weight excluding hydrogens is 444 g/mol. The van der Waals surface area contributed by atoms with E-state index in [1.165, 1.54) is 11.1 Å². The summed E-state index contributed by atoms with van der Waals surface area (Å²) in [5.41, 5.74) is 8.56. The van der Waals surface area contributed by atoms with E-state index in [0.717, 1.165) is 51.1 Å². The number of carbonyl (C=O) groups is 1. The molecule has 0 saturated heterocycles. The number of benzene rings is 3. The fourth-order valence-corrected chi connectivity index (χ4v) is 6.03. The number of aromatic nitrogens is 3. The number of allylic oxidation sites excluding steroid dienone is 2. The van der Waals surface area contributed by atoms with Gasteiger partial charge in [0.2, 0.25) is 5.95 Å². The predicted molar refractivity (Wildman–Crippen MR) is 144 cm³/mol. The maximum Gasteiger partial charge on any atom is 0.209 e. The molecule has 2 unspecified atom stereocenters. The number of para-hydroxylation sites is 3. The van der Waals surface area contributed by atoms with Crippen LogP contribution in [0, 0.1) is 0 Å². The number of rotatable bonds is 3. The van der Waals surface area contributed by atoms with Crippen molar-refractivity contribution in [3.05, 3.63) is 107 Å². The van der Waals surface area contributed by atoms with Crippen molar-refractivity contribution in [3.63, 3.8) is 0 Å². The van der Waals surface area contributed by atoms with E-state index in [4.69, 9.17) is 4.98 Å². The van der Waals surface area contributed by atoms with Crippen LogP contribution in [0.2, 0.25) is 0 Å². The van der Waals surface area contributed by atoms with Gasteiger partial charge in [0.1, 0.15) is 0 Å². The first-order valence-corrected chi connectivity index (χ1v) is 12.7. The van der Waals surface area contributed by atoms with Crippen LogP contribution < -0.4 is 5.32 Å². The highest BCUT2D eigenvalue weighted by atomic mass is 16.1. The molecule has 0 fully saturated rings.